The Morgan fingerprint density at radius 3 is 2.89 bits per heavy atom. The number of para-hydroxylation sites is 1. The summed E-state index contributed by atoms with van der Waals surface area (Å²) in [5.74, 6) is 0.439. The third-order valence-electron chi connectivity index (χ3n) is 3.65. The van der Waals surface area contributed by atoms with Gasteiger partial charge in [0.15, 0.2) is 0 Å². The highest BCUT2D eigenvalue weighted by molar-refractivity contribution is 5.78. The molecule has 4 nitrogen and oxygen atoms in total. The monoisotopic (exact) mass is 249 g/mol. The van der Waals surface area contributed by atoms with Gasteiger partial charge in [0.1, 0.15) is 11.3 Å². The van der Waals surface area contributed by atoms with Crippen molar-refractivity contribution in [1.82, 2.24) is 5.32 Å². The molecule has 0 bridgehead atoms. The summed E-state index contributed by atoms with van der Waals surface area (Å²) in [6.45, 7) is 2.48. The number of rotatable bonds is 4. The molecule has 98 valence electrons. The molecule has 0 saturated carbocycles. The van der Waals surface area contributed by atoms with Crippen molar-refractivity contribution >= 4 is 5.97 Å². The fraction of sp³-hybridized carbons (Fsp3) is 0.500. The first-order valence-corrected chi connectivity index (χ1v) is 6.15. The topological polar surface area (TPSA) is 58.6 Å². The molecule has 1 fully saturated rings. The summed E-state index contributed by atoms with van der Waals surface area (Å²) in [7, 11) is 1.66. The molecule has 2 unspecified atom stereocenters. The molecule has 2 N–H and O–H groups in total. The quantitative estimate of drug-likeness (QED) is 0.852. The predicted octanol–water partition coefficient (Wildman–Crippen LogP) is 1.69. The number of carbonyl (C=O) groups is 1. The van der Waals surface area contributed by atoms with Gasteiger partial charge in [0.05, 0.1) is 7.11 Å². The Labute approximate surface area is 107 Å². The van der Waals surface area contributed by atoms with Crippen molar-refractivity contribution in [1.29, 1.82) is 0 Å². The van der Waals surface area contributed by atoms with Crippen LogP contribution in [0.3, 0.4) is 0 Å². The summed E-state index contributed by atoms with van der Waals surface area (Å²) in [6.07, 6.45) is 1.50. The normalized spacial score (nSPS) is 27.1. The van der Waals surface area contributed by atoms with E-state index < -0.39 is 11.5 Å². The summed E-state index contributed by atoms with van der Waals surface area (Å²) >= 11 is 0. The molecule has 2 atom stereocenters. The van der Waals surface area contributed by atoms with Gasteiger partial charge >= 0.3 is 5.97 Å². The minimum absolute atomic E-state index is 0.336. The van der Waals surface area contributed by atoms with Crippen LogP contribution in [0.1, 0.15) is 18.9 Å². The number of ether oxygens (including phenoxy) is 1. The minimum atomic E-state index is -0.785. The van der Waals surface area contributed by atoms with Gasteiger partial charge < -0.3 is 15.2 Å². The fourth-order valence-electron chi connectivity index (χ4n) is 2.58. The Morgan fingerprint density at radius 1 is 1.56 bits per heavy atom. The Bertz CT molecular complexity index is 446. The van der Waals surface area contributed by atoms with Gasteiger partial charge in [-0.05, 0) is 43.9 Å². The van der Waals surface area contributed by atoms with E-state index >= 15 is 0 Å². The Hall–Kier alpha value is -1.55. The highest BCUT2D eigenvalue weighted by Crippen LogP contribution is 2.29. The van der Waals surface area contributed by atoms with E-state index in [4.69, 9.17) is 9.84 Å². The van der Waals surface area contributed by atoms with E-state index in [2.05, 4.69) is 5.32 Å². The average Bonchev–Trinajstić information content (AvgIpc) is 2.73. The van der Waals surface area contributed by atoms with Crippen molar-refractivity contribution in [3.63, 3.8) is 0 Å². The molecule has 2 rings (SSSR count). The average molecular weight is 249 g/mol. The fourth-order valence-corrected chi connectivity index (χ4v) is 2.58. The SMILES string of the molecule is COc1ccccc1CC1CNC(C)(C(=O)O)C1. The zero-order valence-electron chi connectivity index (χ0n) is 10.8. The number of nitrogens with one attached hydrogen (secondary N) is 1. The van der Waals surface area contributed by atoms with Gasteiger partial charge in [-0.25, -0.2) is 0 Å². The van der Waals surface area contributed by atoms with E-state index in [1.54, 1.807) is 14.0 Å². The highest BCUT2D eigenvalue weighted by atomic mass is 16.5. The maximum absolute atomic E-state index is 11.2. The van der Waals surface area contributed by atoms with E-state index in [1.807, 2.05) is 24.3 Å². The molecule has 1 aliphatic rings. The van der Waals surface area contributed by atoms with Gasteiger partial charge in [0, 0.05) is 0 Å². The summed E-state index contributed by atoms with van der Waals surface area (Å²) in [6, 6.07) is 7.90. The Morgan fingerprint density at radius 2 is 2.28 bits per heavy atom. The van der Waals surface area contributed by atoms with Crippen molar-refractivity contribution in [2.75, 3.05) is 13.7 Å². The van der Waals surface area contributed by atoms with Gasteiger partial charge in [-0.1, -0.05) is 18.2 Å². The molecular weight excluding hydrogens is 230 g/mol. The maximum atomic E-state index is 11.2. The number of benzene rings is 1. The van der Waals surface area contributed by atoms with Crippen LogP contribution >= 0.6 is 0 Å². The summed E-state index contributed by atoms with van der Waals surface area (Å²) in [4.78, 5) is 11.2. The highest BCUT2D eigenvalue weighted by Gasteiger charge is 2.40. The molecular formula is C14H19NO3. The molecule has 1 saturated heterocycles. The van der Waals surface area contributed by atoms with Crippen LogP contribution in [0.5, 0.6) is 5.75 Å². The van der Waals surface area contributed by atoms with Crippen molar-refractivity contribution in [3.8, 4) is 5.75 Å². The van der Waals surface area contributed by atoms with Crippen LogP contribution in [0.25, 0.3) is 0 Å². The number of hydrogen-bond acceptors (Lipinski definition) is 3. The number of aliphatic carboxylic acids is 1. The lowest BCUT2D eigenvalue weighted by molar-refractivity contribution is -0.143. The van der Waals surface area contributed by atoms with Crippen LogP contribution in [0.15, 0.2) is 24.3 Å². The van der Waals surface area contributed by atoms with E-state index in [-0.39, 0.29) is 0 Å². The van der Waals surface area contributed by atoms with Crippen molar-refractivity contribution in [2.24, 2.45) is 5.92 Å². The maximum Gasteiger partial charge on any atom is 0.323 e. The van der Waals surface area contributed by atoms with Gasteiger partial charge in [0.25, 0.3) is 0 Å². The van der Waals surface area contributed by atoms with Gasteiger partial charge in [0.2, 0.25) is 0 Å². The zero-order chi connectivity index (χ0) is 13.2. The number of hydrogen-bond donors (Lipinski definition) is 2. The first-order chi connectivity index (χ1) is 8.55. The van der Waals surface area contributed by atoms with E-state index in [1.165, 1.54) is 0 Å². The molecule has 1 aromatic rings. The van der Waals surface area contributed by atoms with Gasteiger partial charge in [-0.3, -0.25) is 4.79 Å². The number of carboxylic acid groups (broad SMARTS) is 1. The van der Waals surface area contributed by atoms with Crippen molar-refractivity contribution in [3.05, 3.63) is 29.8 Å². The molecule has 4 heteroatoms. The molecule has 0 radical (unpaired) electrons. The van der Waals surface area contributed by atoms with Crippen LogP contribution in [0.4, 0.5) is 0 Å². The van der Waals surface area contributed by atoms with E-state index in [9.17, 15) is 4.79 Å². The molecule has 0 aromatic heterocycles. The largest absolute Gasteiger partial charge is 0.496 e. The van der Waals surface area contributed by atoms with Crippen LogP contribution in [-0.2, 0) is 11.2 Å². The van der Waals surface area contributed by atoms with Crippen molar-refractivity contribution in [2.45, 2.75) is 25.3 Å². The van der Waals surface area contributed by atoms with Gasteiger partial charge in [-0.15, -0.1) is 0 Å². The second-order valence-electron chi connectivity index (χ2n) is 5.10. The van der Waals surface area contributed by atoms with E-state index in [0.717, 1.165) is 24.3 Å². The third-order valence-corrected chi connectivity index (χ3v) is 3.65. The van der Waals surface area contributed by atoms with Crippen molar-refractivity contribution < 1.29 is 14.6 Å². The van der Waals surface area contributed by atoms with E-state index in [0.29, 0.717) is 12.3 Å². The second kappa shape index (κ2) is 4.98. The lowest BCUT2D eigenvalue weighted by atomic mass is 9.90. The predicted molar refractivity (Wildman–Crippen MR) is 68.8 cm³/mol. The van der Waals surface area contributed by atoms with Crippen LogP contribution in [-0.4, -0.2) is 30.3 Å². The third kappa shape index (κ3) is 2.48. The molecule has 1 heterocycles. The van der Waals surface area contributed by atoms with Crippen LogP contribution in [0.2, 0.25) is 0 Å². The number of methoxy groups -OCH3 is 1. The number of carboxylic acids is 1. The lowest BCUT2D eigenvalue weighted by Crippen LogP contribution is -2.44. The Kier molecular flexibility index (Phi) is 3.57. The lowest BCUT2D eigenvalue weighted by Gasteiger charge is -2.18. The molecule has 0 aliphatic carbocycles. The summed E-state index contributed by atoms with van der Waals surface area (Å²) < 4.78 is 5.32. The molecule has 1 aliphatic heterocycles. The summed E-state index contributed by atoms with van der Waals surface area (Å²) in [5.41, 5.74) is 0.355. The smallest absolute Gasteiger partial charge is 0.323 e. The van der Waals surface area contributed by atoms with Crippen LogP contribution < -0.4 is 10.1 Å². The molecule has 18 heavy (non-hydrogen) atoms. The second-order valence-corrected chi connectivity index (χ2v) is 5.10. The summed E-state index contributed by atoms with van der Waals surface area (Å²) in [5, 5.41) is 12.3. The molecule has 0 amide bonds. The standard InChI is InChI=1S/C14H19NO3/c1-14(13(16)17)8-10(9-15-14)7-11-5-3-4-6-12(11)18-2/h3-6,10,15H,7-9H2,1-2H3,(H,16,17). The first kappa shape index (κ1) is 12.9. The van der Waals surface area contributed by atoms with Gasteiger partial charge in [-0.2, -0.15) is 0 Å². The first-order valence-electron chi connectivity index (χ1n) is 6.15. The molecule has 0 spiro atoms. The zero-order valence-corrected chi connectivity index (χ0v) is 10.8. The van der Waals surface area contributed by atoms with Crippen LogP contribution in [0, 0.1) is 5.92 Å². The molecule has 1 aromatic carbocycles. The Balaban J connectivity index is 2.06. The minimum Gasteiger partial charge on any atom is -0.496 e.